The highest BCUT2D eigenvalue weighted by atomic mass is 127. The first-order valence-electron chi connectivity index (χ1n) is 7.95. The topological polar surface area (TPSA) is 55.8 Å². The van der Waals surface area contributed by atoms with Crippen LogP contribution in [0.4, 0.5) is 13.2 Å². The highest BCUT2D eigenvalue weighted by molar-refractivity contribution is 14.1. The molecule has 1 saturated heterocycles. The molecule has 0 bridgehead atoms. The lowest BCUT2D eigenvalue weighted by molar-refractivity contribution is -0.208. The fourth-order valence-electron chi connectivity index (χ4n) is 2.69. The molecule has 140 valence electrons. The van der Waals surface area contributed by atoms with Crippen LogP contribution < -0.4 is 0 Å². The molecule has 0 spiro atoms. The third kappa shape index (κ3) is 5.55. The molecule has 1 fully saturated rings. The summed E-state index contributed by atoms with van der Waals surface area (Å²) in [5.74, 6) is -1.03. The number of aliphatic hydroxyl groups excluding tert-OH is 1. The molecular formula is C17H20F3IO4. The summed E-state index contributed by atoms with van der Waals surface area (Å²) in [5, 5.41) is 9.35. The molecule has 5 atom stereocenters. The smallest absolute Gasteiger partial charge is 0.415 e. The lowest BCUT2D eigenvalue weighted by atomic mass is 10.0. The summed E-state index contributed by atoms with van der Waals surface area (Å²) >= 11 is 1.56. The van der Waals surface area contributed by atoms with Crippen LogP contribution in [0, 0.1) is 5.92 Å². The molecule has 1 aromatic carbocycles. The number of halogens is 4. The first-order chi connectivity index (χ1) is 11.7. The summed E-state index contributed by atoms with van der Waals surface area (Å²) in [4.78, 5) is 12.1. The number of aliphatic hydroxyl groups is 1. The maximum atomic E-state index is 12.6. The van der Waals surface area contributed by atoms with Crippen molar-refractivity contribution in [2.75, 3.05) is 0 Å². The van der Waals surface area contributed by atoms with Crippen LogP contribution in [-0.2, 0) is 20.9 Å². The van der Waals surface area contributed by atoms with Crippen molar-refractivity contribution in [2.45, 2.75) is 54.8 Å². The third-order valence-corrected chi connectivity index (χ3v) is 5.71. The second-order valence-electron chi connectivity index (χ2n) is 6.10. The number of carbonyl (C=O) groups is 1. The number of hydrogen-bond donors (Lipinski definition) is 1. The average Bonchev–Trinajstić information content (AvgIpc) is 3.07. The first kappa shape index (κ1) is 20.4. The fraction of sp³-hybridized carbons (Fsp3) is 0.588. The SMILES string of the molecule is C[C@H](C(=O)OCc1ccccc1)[C@@H]1CC[C@H]([C@H](I)C(O)C(F)(F)F)O1. The summed E-state index contributed by atoms with van der Waals surface area (Å²) in [6.45, 7) is 1.78. The van der Waals surface area contributed by atoms with Crippen molar-refractivity contribution in [1.82, 2.24) is 0 Å². The van der Waals surface area contributed by atoms with Gasteiger partial charge in [0.25, 0.3) is 0 Å². The Morgan fingerprint density at radius 3 is 2.52 bits per heavy atom. The van der Waals surface area contributed by atoms with Crippen LogP contribution in [0.15, 0.2) is 30.3 Å². The van der Waals surface area contributed by atoms with Crippen LogP contribution in [0.25, 0.3) is 0 Å². The number of benzene rings is 1. The summed E-state index contributed by atoms with van der Waals surface area (Å²) in [7, 11) is 0. The van der Waals surface area contributed by atoms with Gasteiger partial charge in [-0.15, -0.1) is 0 Å². The van der Waals surface area contributed by atoms with Crippen LogP contribution in [0.2, 0.25) is 0 Å². The molecule has 1 heterocycles. The van der Waals surface area contributed by atoms with E-state index in [0.29, 0.717) is 12.8 Å². The quantitative estimate of drug-likeness (QED) is 0.391. The minimum Gasteiger partial charge on any atom is -0.461 e. The van der Waals surface area contributed by atoms with Gasteiger partial charge in [0.15, 0.2) is 6.10 Å². The molecule has 0 aliphatic carbocycles. The first-order valence-corrected chi connectivity index (χ1v) is 9.19. The van der Waals surface area contributed by atoms with E-state index in [1.165, 1.54) is 0 Å². The maximum absolute atomic E-state index is 12.6. The van der Waals surface area contributed by atoms with Gasteiger partial charge in [0.05, 0.1) is 22.1 Å². The molecule has 1 aliphatic heterocycles. The highest BCUT2D eigenvalue weighted by Crippen LogP contribution is 2.36. The Balaban J connectivity index is 1.85. The van der Waals surface area contributed by atoms with Crippen LogP contribution in [0.5, 0.6) is 0 Å². The molecule has 0 saturated carbocycles. The number of hydrogen-bond acceptors (Lipinski definition) is 4. The predicted molar refractivity (Wildman–Crippen MR) is 93.2 cm³/mol. The molecule has 1 aromatic rings. The van der Waals surface area contributed by atoms with Crippen LogP contribution in [0.3, 0.4) is 0 Å². The molecule has 1 aliphatic rings. The molecular weight excluding hydrogens is 452 g/mol. The van der Waals surface area contributed by atoms with E-state index < -0.39 is 40.3 Å². The van der Waals surface area contributed by atoms with Crippen LogP contribution in [-0.4, -0.2) is 39.5 Å². The van der Waals surface area contributed by atoms with Gasteiger partial charge in [-0.25, -0.2) is 0 Å². The Kier molecular flexibility index (Phi) is 7.10. The van der Waals surface area contributed by atoms with Gasteiger partial charge in [0.1, 0.15) is 6.61 Å². The highest BCUT2D eigenvalue weighted by Gasteiger charge is 2.48. The Morgan fingerprint density at radius 1 is 1.32 bits per heavy atom. The molecule has 1 unspecified atom stereocenters. The van der Waals surface area contributed by atoms with Crippen LogP contribution >= 0.6 is 22.6 Å². The zero-order valence-corrected chi connectivity index (χ0v) is 15.7. The Hall–Kier alpha value is -0.870. The lowest BCUT2D eigenvalue weighted by Crippen LogP contribution is -2.43. The molecule has 0 radical (unpaired) electrons. The number of carbonyl (C=O) groups excluding carboxylic acids is 1. The molecule has 8 heteroatoms. The van der Waals surface area contributed by atoms with E-state index in [9.17, 15) is 23.1 Å². The van der Waals surface area contributed by atoms with E-state index in [4.69, 9.17) is 9.47 Å². The Labute approximate surface area is 157 Å². The Bertz CT molecular complexity index is 567. The zero-order valence-electron chi connectivity index (χ0n) is 13.6. The molecule has 25 heavy (non-hydrogen) atoms. The van der Waals surface area contributed by atoms with Crippen molar-refractivity contribution in [2.24, 2.45) is 5.92 Å². The van der Waals surface area contributed by atoms with Gasteiger partial charge >= 0.3 is 12.1 Å². The van der Waals surface area contributed by atoms with Gasteiger partial charge in [0, 0.05) is 0 Å². The lowest BCUT2D eigenvalue weighted by Gasteiger charge is -2.26. The molecule has 2 rings (SSSR count). The van der Waals surface area contributed by atoms with Crippen LogP contribution in [0.1, 0.15) is 25.3 Å². The van der Waals surface area contributed by atoms with Gasteiger partial charge < -0.3 is 14.6 Å². The minimum absolute atomic E-state index is 0.141. The van der Waals surface area contributed by atoms with E-state index in [0.717, 1.165) is 5.56 Å². The van der Waals surface area contributed by atoms with Gasteiger partial charge in [-0.3, -0.25) is 4.79 Å². The van der Waals surface area contributed by atoms with E-state index in [1.807, 2.05) is 30.3 Å². The van der Waals surface area contributed by atoms with E-state index in [1.54, 1.807) is 29.5 Å². The minimum atomic E-state index is -4.69. The number of rotatable bonds is 6. The number of ether oxygens (including phenoxy) is 2. The normalized spacial score (nSPS) is 24.6. The Morgan fingerprint density at radius 2 is 1.92 bits per heavy atom. The maximum Gasteiger partial charge on any atom is 0.415 e. The fourth-order valence-corrected chi connectivity index (χ4v) is 3.62. The van der Waals surface area contributed by atoms with Crippen molar-refractivity contribution in [3.05, 3.63) is 35.9 Å². The van der Waals surface area contributed by atoms with Gasteiger partial charge in [-0.05, 0) is 25.3 Å². The summed E-state index contributed by atoms with van der Waals surface area (Å²) in [5.41, 5.74) is 0.855. The largest absolute Gasteiger partial charge is 0.461 e. The van der Waals surface area contributed by atoms with Gasteiger partial charge in [-0.2, -0.15) is 13.2 Å². The van der Waals surface area contributed by atoms with Gasteiger partial charge in [0.2, 0.25) is 0 Å². The molecule has 0 amide bonds. The van der Waals surface area contributed by atoms with Crippen molar-refractivity contribution >= 4 is 28.6 Å². The monoisotopic (exact) mass is 472 g/mol. The van der Waals surface area contributed by atoms with Crippen molar-refractivity contribution in [1.29, 1.82) is 0 Å². The third-order valence-electron chi connectivity index (χ3n) is 4.23. The summed E-state index contributed by atoms with van der Waals surface area (Å²) in [6.07, 6.45) is -7.57. The molecule has 0 aromatic heterocycles. The van der Waals surface area contributed by atoms with E-state index in [2.05, 4.69) is 0 Å². The second kappa shape index (κ2) is 8.68. The molecule has 4 nitrogen and oxygen atoms in total. The van der Waals surface area contributed by atoms with Crippen molar-refractivity contribution < 1.29 is 32.5 Å². The second-order valence-corrected chi connectivity index (χ2v) is 7.54. The van der Waals surface area contributed by atoms with E-state index >= 15 is 0 Å². The van der Waals surface area contributed by atoms with Crippen molar-refractivity contribution in [3.8, 4) is 0 Å². The van der Waals surface area contributed by atoms with Gasteiger partial charge in [-0.1, -0.05) is 52.9 Å². The van der Waals surface area contributed by atoms with E-state index in [-0.39, 0.29) is 6.61 Å². The predicted octanol–water partition coefficient (Wildman–Crippen LogP) is 3.64. The average molecular weight is 472 g/mol. The standard InChI is InChI=1S/C17H20F3IO4/c1-10(16(23)24-9-11-5-3-2-4-6-11)12-7-8-13(25-12)14(21)15(22)17(18,19)20/h2-6,10,12-15,22H,7-9H2,1H3/t10-,12-,13+,14-,15?/m0/s1. The number of esters is 1. The number of alkyl halides is 4. The summed E-state index contributed by atoms with van der Waals surface area (Å²) < 4.78 is 47.6. The van der Waals surface area contributed by atoms with Crippen molar-refractivity contribution in [3.63, 3.8) is 0 Å². The zero-order chi connectivity index (χ0) is 18.6. The molecule has 1 N–H and O–H groups in total. The summed E-state index contributed by atoms with van der Waals surface area (Å²) in [6, 6.07) is 9.20.